The number of hydrogen-bond acceptors (Lipinski definition) is 7. The first-order valence-electron chi connectivity index (χ1n) is 14.4. The summed E-state index contributed by atoms with van der Waals surface area (Å²) in [7, 11) is 1.39. The Hall–Kier alpha value is -3.62. The van der Waals surface area contributed by atoms with E-state index < -0.39 is 5.97 Å². The van der Waals surface area contributed by atoms with E-state index >= 15 is 0 Å². The normalized spacial score (nSPS) is 17.7. The molecule has 0 unspecified atom stereocenters. The lowest BCUT2D eigenvalue weighted by Crippen LogP contribution is -2.47. The highest BCUT2D eigenvalue weighted by Gasteiger charge is 2.30. The predicted molar refractivity (Wildman–Crippen MR) is 166 cm³/mol. The Morgan fingerprint density at radius 1 is 1.12 bits per heavy atom. The van der Waals surface area contributed by atoms with Gasteiger partial charge >= 0.3 is 5.97 Å². The van der Waals surface area contributed by atoms with Crippen molar-refractivity contribution >= 4 is 39.6 Å². The number of nitrogens with zero attached hydrogens (tertiary/aromatic N) is 3. The first-order chi connectivity index (χ1) is 19.8. The molecule has 4 aromatic rings. The molecule has 4 heterocycles. The molecule has 1 aliphatic carbocycles. The van der Waals surface area contributed by atoms with E-state index in [1.807, 2.05) is 41.8 Å². The molecule has 7 nitrogen and oxygen atoms in total. The average Bonchev–Trinajstić information content (AvgIpc) is 3.62. The van der Waals surface area contributed by atoms with Gasteiger partial charge in [0.25, 0.3) is 0 Å². The lowest BCUT2D eigenvalue weighted by Gasteiger charge is -2.39. The van der Waals surface area contributed by atoms with Crippen molar-refractivity contribution < 1.29 is 14.3 Å². The maximum atomic E-state index is 12.5. The summed E-state index contributed by atoms with van der Waals surface area (Å²) in [5.74, 6) is 0.622. The molecule has 3 aromatic heterocycles. The summed E-state index contributed by atoms with van der Waals surface area (Å²) in [5, 5.41) is 3.18. The maximum absolute atomic E-state index is 12.5. The van der Waals surface area contributed by atoms with Crippen molar-refractivity contribution in [1.82, 2.24) is 14.9 Å². The number of aromatic nitrogens is 2. The Balaban J connectivity index is 1.18. The number of nitrogens with one attached hydrogen (secondary N) is 1. The van der Waals surface area contributed by atoms with Gasteiger partial charge in [-0.25, -0.2) is 9.78 Å². The minimum atomic E-state index is -0.423. The van der Waals surface area contributed by atoms with Gasteiger partial charge < -0.3 is 19.4 Å². The van der Waals surface area contributed by atoms with Crippen molar-refractivity contribution in [3.8, 4) is 11.5 Å². The highest BCUT2D eigenvalue weighted by atomic mass is 32.1. The summed E-state index contributed by atoms with van der Waals surface area (Å²) in [5.41, 5.74) is 7.23. The number of benzene rings is 1. The van der Waals surface area contributed by atoms with Gasteiger partial charge in [-0.05, 0) is 78.4 Å². The fourth-order valence-electron chi connectivity index (χ4n) is 6.10. The molecular formula is C33H38N4O3S. The highest BCUT2D eigenvalue weighted by molar-refractivity contribution is 7.10. The molecule has 0 saturated carbocycles. The molecule has 41 heavy (non-hydrogen) atoms. The van der Waals surface area contributed by atoms with Crippen molar-refractivity contribution in [2.24, 2.45) is 5.41 Å². The third kappa shape index (κ3) is 5.90. The quantitative estimate of drug-likeness (QED) is 0.235. The minimum absolute atomic E-state index is 0.353. The Kier molecular flexibility index (Phi) is 7.62. The predicted octanol–water partition coefficient (Wildman–Crippen LogP) is 7.30. The van der Waals surface area contributed by atoms with Gasteiger partial charge in [-0.15, -0.1) is 11.3 Å². The van der Waals surface area contributed by atoms with Crippen LogP contribution in [0.15, 0.2) is 59.7 Å². The zero-order chi connectivity index (χ0) is 28.6. The number of aromatic amines is 1. The second-order valence-electron chi connectivity index (χ2n) is 11.9. The van der Waals surface area contributed by atoms with E-state index in [1.54, 1.807) is 23.4 Å². The molecule has 0 spiro atoms. The second kappa shape index (κ2) is 11.3. The van der Waals surface area contributed by atoms with Crippen molar-refractivity contribution in [3.63, 3.8) is 0 Å². The van der Waals surface area contributed by atoms with Crippen LogP contribution in [0.5, 0.6) is 11.5 Å². The van der Waals surface area contributed by atoms with Crippen molar-refractivity contribution in [2.75, 3.05) is 44.7 Å². The lowest BCUT2D eigenvalue weighted by molar-refractivity contribution is 0.0598. The maximum Gasteiger partial charge on any atom is 0.341 e. The van der Waals surface area contributed by atoms with Crippen LogP contribution in [0.25, 0.3) is 16.6 Å². The van der Waals surface area contributed by atoms with E-state index in [1.165, 1.54) is 30.4 Å². The van der Waals surface area contributed by atoms with Gasteiger partial charge in [0.15, 0.2) is 0 Å². The number of anilines is 1. The van der Waals surface area contributed by atoms with E-state index in [-0.39, 0.29) is 0 Å². The third-order valence-electron chi connectivity index (χ3n) is 8.49. The number of piperazine rings is 1. The monoisotopic (exact) mass is 570 g/mol. The van der Waals surface area contributed by atoms with E-state index in [2.05, 4.69) is 52.0 Å². The number of rotatable bonds is 7. The number of H-pyrrole nitrogens is 1. The molecule has 0 bridgehead atoms. The smallest absolute Gasteiger partial charge is 0.341 e. The molecular weight excluding hydrogens is 532 g/mol. The summed E-state index contributed by atoms with van der Waals surface area (Å²) >= 11 is 1.85. The standard InChI is InChI=1S/C33H38N4O3S/c1-22-27(9-16-41-22)29-19-33(2,3)10-7-24(29)21-36-12-14-37(15-13-36)25-5-6-28(32(38)39-4)30(18-25)40-26-17-23-8-11-34-31(23)35-20-26/h5-6,8-9,11,16-18,20H,7,10,12-15,19,21H2,1-4H3,(H,34,35). The third-order valence-corrected chi connectivity index (χ3v) is 9.34. The molecule has 0 radical (unpaired) electrons. The van der Waals surface area contributed by atoms with Crippen molar-refractivity contribution in [2.45, 2.75) is 40.0 Å². The van der Waals surface area contributed by atoms with Crippen LogP contribution in [0.4, 0.5) is 5.69 Å². The second-order valence-corrected chi connectivity index (χ2v) is 13.1. The molecule has 1 aliphatic heterocycles. The molecule has 1 saturated heterocycles. The Morgan fingerprint density at radius 3 is 2.71 bits per heavy atom. The number of carbonyl (C=O) groups excluding carboxylic acids is 1. The Labute approximate surface area is 245 Å². The number of allylic oxidation sites excluding steroid dienone is 1. The molecule has 214 valence electrons. The zero-order valence-corrected chi connectivity index (χ0v) is 25.1. The van der Waals surface area contributed by atoms with Gasteiger partial charge in [-0.2, -0.15) is 0 Å². The first kappa shape index (κ1) is 27.5. The van der Waals surface area contributed by atoms with Crippen LogP contribution < -0.4 is 9.64 Å². The average molecular weight is 571 g/mol. The summed E-state index contributed by atoms with van der Waals surface area (Å²) in [6, 6.07) is 11.9. The zero-order valence-electron chi connectivity index (χ0n) is 24.3. The highest BCUT2D eigenvalue weighted by Crippen LogP contribution is 2.44. The SMILES string of the molecule is COC(=O)c1ccc(N2CCN(CC3=C(c4ccsc4C)CC(C)(C)CC3)CC2)cc1Oc1cnc2[nH]ccc2c1. The van der Waals surface area contributed by atoms with Crippen LogP contribution >= 0.6 is 11.3 Å². The van der Waals surface area contributed by atoms with Crippen LogP contribution in [0.1, 0.15) is 53.9 Å². The fraction of sp³-hybridized carbons (Fsp3) is 0.394. The van der Waals surface area contributed by atoms with E-state index in [0.717, 1.165) is 55.9 Å². The van der Waals surface area contributed by atoms with Crippen LogP contribution in [0.3, 0.4) is 0 Å². The van der Waals surface area contributed by atoms with Gasteiger partial charge in [0.05, 0.1) is 13.3 Å². The number of hydrogen-bond donors (Lipinski definition) is 1. The van der Waals surface area contributed by atoms with Crippen LogP contribution in [-0.2, 0) is 4.74 Å². The number of esters is 1. The van der Waals surface area contributed by atoms with Crippen LogP contribution in [0, 0.1) is 12.3 Å². The van der Waals surface area contributed by atoms with Gasteiger partial charge in [-0.1, -0.05) is 19.4 Å². The molecule has 2 aliphatic rings. The number of aryl methyl sites for hydroxylation is 1. The molecule has 0 amide bonds. The number of fused-ring (bicyclic) bond motifs is 1. The van der Waals surface area contributed by atoms with E-state index in [4.69, 9.17) is 9.47 Å². The largest absolute Gasteiger partial charge is 0.465 e. The molecule has 1 N–H and O–H groups in total. The number of methoxy groups -OCH3 is 1. The van der Waals surface area contributed by atoms with Crippen molar-refractivity contribution in [3.05, 3.63) is 75.7 Å². The van der Waals surface area contributed by atoms with Gasteiger partial charge in [0.1, 0.15) is 22.7 Å². The van der Waals surface area contributed by atoms with Crippen LogP contribution in [-0.4, -0.2) is 60.7 Å². The minimum Gasteiger partial charge on any atom is -0.465 e. The summed E-state index contributed by atoms with van der Waals surface area (Å²) in [4.78, 5) is 26.5. The summed E-state index contributed by atoms with van der Waals surface area (Å²) < 4.78 is 11.3. The molecule has 1 aromatic carbocycles. The van der Waals surface area contributed by atoms with Gasteiger partial charge in [0, 0.05) is 60.9 Å². The Morgan fingerprint density at radius 2 is 1.95 bits per heavy atom. The summed E-state index contributed by atoms with van der Waals surface area (Å²) in [6.45, 7) is 11.9. The molecule has 8 heteroatoms. The van der Waals surface area contributed by atoms with Crippen molar-refractivity contribution in [1.29, 1.82) is 0 Å². The number of carbonyl (C=O) groups is 1. The molecule has 1 fully saturated rings. The molecule has 0 atom stereocenters. The topological polar surface area (TPSA) is 70.7 Å². The number of ether oxygens (including phenoxy) is 2. The van der Waals surface area contributed by atoms with Gasteiger partial charge in [0.2, 0.25) is 0 Å². The molecule has 6 rings (SSSR count). The van der Waals surface area contributed by atoms with Crippen LogP contribution in [0.2, 0.25) is 0 Å². The lowest BCUT2D eigenvalue weighted by atomic mass is 9.72. The number of pyridine rings is 1. The van der Waals surface area contributed by atoms with E-state index in [9.17, 15) is 4.79 Å². The summed E-state index contributed by atoms with van der Waals surface area (Å²) in [6.07, 6.45) is 7.09. The van der Waals surface area contributed by atoms with Gasteiger partial charge in [-0.3, -0.25) is 4.90 Å². The fourth-order valence-corrected chi connectivity index (χ4v) is 6.82. The first-order valence-corrected chi connectivity index (χ1v) is 15.2. The van der Waals surface area contributed by atoms with E-state index in [0.29, 0.717) is 22.5 Å². The Bertz CT molecular complexity index is 1590. The number of thiophene rings is 1.